The molecule has 5 rings (SSSR count). The van der Waals surface area contributed by atoms with Gasteiger partial charge in [0.25, 0.3) is 11.6 Å². The Hall–Kier alpha value is -4.30. The maximum absolute atomic E-state index is 14.1. The molecule has 218 valence electrons. The molecule has 2 atom stereocenters. The van der Waals surface area contributed by atoms with Gasteiger partial charge in [0.05, 0.1) is 29.8 Å². The van der Waals surface area contributed by atoms with Gasteiger partial charge < -0.3 is 20.1 Å². The van der Waals surface area contributed by atoms with Crippen LogP contribution in [0.3, 0.4) is 0 Å². The molecule has 0 radical (unpaired) electrons. The third kappa shape index (κ3) is 6.14. The van der Waals surface area contributed by atoms with Gasteiger partial charge in [0.2, 0.25) is 0 Å². The van der Waals surface area contributed by atoms with Crippen LogP contribution in [0.4, 0.5) is 30.4 Å². The summed E-state index contributed by atoms with van der Waals surface area (Å²) >= 11 is 9.72. The number of amides is 1. The number of alkyl halides is 3. The Balaban J connectivity index is 1.45. The molecule has 2 N–H and O–H groups in total. The van der Waals surface area contributed by atoms with Crippen LogP contribution in [0.15, 0.2) is 71.2 Å². The second-order valence-electron chi connectivity index (χ2n) is 9.20. The lowest BCUT2D eigenvalue weighted by Crippen LogP contribution is -2.35. The third-order valence-electron chi connectivity index (χ3n) is 6.44. The molecule has 1 amide bonds. The minimum atomic E-state index is -4.70. The molecule has 0 saturated carbocycles. The van der Waals surface area contributed by atoms with Gasteiger partial charge in [-0.05, 0) is 42.0 Å². The number of benzene rings is 3. The summed E-state index contributed by atoms with van der Waals surface area (Å²) in [7, 11) is 1.47. The smallest absolute Gasteiger partial charge is 0.410 e. The van der Waals surface area contributed by atoms with Crippen LogP contribution in [0.2, 0.25) is 5.02 Å². The quantitative estimate of drug-likeness (QED) is 0.152. The van der Waals surface area contributed by atoms with Crippen molar-refractivity contribution in [2.45, 2.75) is 24.7 Å². The van der Waals surface area contributed by atoms with Crippen LogP contribution >= 0.6 is 27.5 Å². The number of rotatable bonds is 7. The third-order valence-corrected chi connectivity index (χ3v) is 7.32. The Kier molecular flexibility index (Phi) is 8.01. The van der Waals surface area contributed by atoms with Crippen LogP contribution in [0.25, 0.3) is 0 Å². The number of fused-ring (bicyclic) bond motifs is 1. The van der Waals surface area contributed by atoms with E-state index in [1.54, 1.807) is 48.5 Å². The number of carbonyl (C=O) groups is 1. The second-order valence-corrected chi connectivity index (χ2v) is 10.5. The second kappa shape index (κ2) is 11.5. The van der Waals surface area contributed by atoms with E-state index < -0.39 is 46.9 Å². The van der Waals surface area contributed by atoms with Crippen LogP contribution < -0.4 is 20.1 Å². The normalized spacial score (nSPS) is 16.2. The highest BCUT2D eigenvalue weighted by Crippen LogP contribution is 2.46. The van der Waals surface area contributed by atoms with Crippen molar-refractivity contribution in [2.24, 2.45) is 0 Å². The number of nitrogens with zero attached hydrogens (tertiary/aromatic N) is 3. The Morgan fingerprint density at radius 2 is 1.79 bits per heavy atom. The minimum absolute atomic E-state index is 0.0400. The van der Waals surface area contributed by atoms with Crippen LogP contribution in [0.1, 0.15) is 34.6 Å². The molecule has 0 spiro atoms. The van der Waals surface area contributed by atoms with E-state index in [1.807, 2.05) is 0 Å². The number of carbonyl (C=O) groups excluding carboxylic acids is 1. The average molecular weight is 667 g/mol. The number of halogens is 5. The zero-order valence-electron chi connectivity index (χ0n) is 21.5. The summed E-state index contributed by atoms with van der Waals surface area (Å²) < 4.78 is 54.7. The van der Waals surface area contributed by atoms with E-state index in [0.29, 0.717) is 21.7 Å². The van der Waals surface area contributed by atoms with E-state index in [1.165, 1.54) is 13.2 Å². The van der Waals surface area contributed by atoms with E-state index in [0.717, 1.165) is 16.6 Å². The van der Waals surface area contributed by atoms with E-state index in [9.17, 15) is 28.1 Å². The van der Waals surface area contributed by atoms with Crippen molar-refractivity contribution < 1.29 is 32.4 Å². The summed E-state index contributed by atoms with van der Waals surface area (Å²) in [6.07, 6.45) is -5.12. The first-order valence-corrected chi connectivity index (χ1v) is 13.4. The van der Waals surface area contributed by atoms with Crippen molar-refractivity contribution in [3.8, 4) is 17.2 Å². The predicted molar refractivity (Wildman–Crippen MR) is 152 cm³/mol. The fourth-order valence-electron chi connectivity index (χ4n) is 4.44. The molecule has 1 aromatic heterocycles. The lowest BCUT2D eigenvalue weighted by atomic mass is 9.97. The standard InChI is InChI=1S/C27H20BrClF3N5O5/c1-41-18-6-2-14(3-7-18)21-13-22(27(30,31)32)36-25(34-21)23(29)24(35-36)26(38)33-16-10-17(37(39)40)12-20(11-16)42-19-8-4-15(28)5-9-19/h2-12,21-22,34H,13H2,1H3,(H,33,38)/t21-,22-/m1/s1. The first kappa shape index (κ1) is 29.2. The highest BCUT2D eigenvalue weighted by atomic mass is 79.9. The molecular weight excluding hydrogens is 647 g/mol. The van der Waals surface area contributed by atoms with E-state index >= 15 is 0 Å². The van der Waals surface area contributed by atoms with Gasteiger partial charge >= 0.3 is 6.18 Å². The summed E-state index contributed by atoms with van der Waals surface area (Å²) in [4.78, 5) is 24.1. The number of nitrogens with one attached hydrogen (secondary N) is 2. The molecule has 4 aromatic rings. The highest BCUT2D eigenvalue weighted by molar-refractivity contribution is 9.10. The largest absolute Gasteiger partial charge is 0.497 e. The van der Waals surface area contributed by atoms with Gasteiger partial charge in [0.15, 0.2) is 11.7 Å². The summed E-state index contributed by atoms with van der Waals surface area (Å²) in [5.41, 5.74) is -0.392. The molecule has 0 unspecified atom stereocenters. The molecule has 1 aliphatic rings. The monoisotopic (exact) mass is 665 g/mol. The lowest BCUT2D eigenvalue weighted by molar-refractivity contribution is -0.384. The molecular formula is C27H20BrClF3N5O5. The molecule has 1 aliphatic heterocycles. The van der Waals surface area contributed by atoms with Crippen molar-refractivity contribution in [2.75, 3.05) is 17.7 Å². The van der Waals surface area contributed by atoms with Gasteiger partial charge in [0.1, 0.15) is 28.1 Å². The minimum Gasteiger partial charge on any atom is -0.497 e. The maximum atomic E-state index is 14.1. The zero-order valence-corrected chi connectivity index (χ0v) is 23.8. The number of hydrogen-bond acceptors (Lipinski definition) is 7. The van der Waals surface area contributed by atoms with Crippen LogP contribution in [0.5, 0.6) is 17.2 Å². The molecule has 0 saturated heterocycles. The summed E-state index contributed by atoms with van der Waals surface area (Å²) in [5, 5.41) is 20.5. The number of anilines is 2. The molecule has 2 heterocycles. The molecule has 0 aliphatic carbocycles. The van der Waals surface area contributed by atoms with Crippen molar-refractivity contribution in [1.82, 2.24) is 9.78 Å². The first-order chi connectivity index (χ1) is 19.9. The summed E-state index contributed by atoms with van der Waals surface area (Å²) in [6.45, 7) is 0. The van der Waals surface area contributed by atoms with Crippen LogP contribution in [-0.2, 0) is 0 Å². The number of aromatic nitrogens is 2. The highest BCUT2D eigenvalue weighted by Gasteiger charge is 2.48. The van der Waals surface area contributed by atoms with E-state index in [2.05, 4.69) is 31.7 Å². The number of non-ortho nitro benzene ring substituents is 1. The van der Waals surface area contributed by atoms with Gasteiger partial charge in [-0.2, -0.15) is 18.3 Å². The van der Waals surface area contributed by atoms with Crippen LogP contribution in [0, 0.1) is 10.1 Å². The van der Waals surface area contributed by atoms with Gasteiger partial charge in [-0.1, -0.05) is 39.7 Å². The average Bonchev–Trinajstić information content (AvgIpc) is 3.29. The fourth-order valence-corrected chi connectivity index (χ4v) is 4.97. The number of nitro benzene ring substituents is 1. The molecule has 15 heteroatoms. The summed E-state index contributed by atoms with van der Waals surface area (Å²) in [5.74, 6) is -0.208. The van der Waals surface area contributed by atoms with E-state index in [4.69, 9.17) is 21.1 Å². The van der Waals surface area contributed by atoms with Crippen molar-refractivity contribution in [3.05, 3.63) is 97.6 Å². The zero-order chi connectivity index (χ0) is 30.2. The maximum Gasteiger partial charge on any atom is 0.410 e. The number of nitro groups is 1. The van der Waals surface area contributed by atoms with Gasteiger partial charge in [-0.25, -0.2) is 4.68 Å². The molecule has 3 aromatic carbocycles. The SMILES string of the molecule is COc1ccc([C@H]2C[C@H](C(F)(F)F)n3nc(C(=O)Nc4cc(Oc5ccc(Br)cc5)cc([N+](=O)[O-])c4)c(Cl)c3N2)cc1. The number of hydrogen-bond donors (Lipinski definition) is 2. The Morgan fingerprint density at radius 1 is 1.12 bits per heavy atom. The van der Waals surface area contributed by atoms with Crippen LogP contribution in [-0.4, -0.2) is 33.9 Å². The molecule has 42 heavy (non-hydrogen) atoms. The molecule has 0 fully saturated rings. The van der Waals surface area contributed by atoms with Gasteiger partial charge in [0, 0.05) is 23.0 Å². The number of methoxy groups -OCH3 is 1. The first-order valence-electron chi connectivity index (χ1n) is 12.2. The van der Waals surface area contributed by atoms with Crippen molar-refractivity contribution in [1.29, 1.82) is 0 Å². The lowest BCUT2D eigenvalue weighted by Gasteiger charge is -2.33. The van der Waals surface area contributed by atoms with Crippen molar-refractivity contribution in [3.63, 3.8) is 0 Å². The van der Waals surface area contributed by atoms with Gasteiger partial charge in [-0.15, -0.1) is 0 Å². The van der Waals surface area contributed by atoms with E-state index in [-0.39, 0.29) is 22.3 Å². The van der Waals surface area contributed by atoms with Crippen molar-refractivity contribution >= 4 is 50.6 Å². The Bertz CT molecular complexity index is 1650. The Labute approximate surface area is 249 Å². The van der Waals surface area contributed by atoms with Gasteiger partial charge in [-0.3, -0.25) is 14.9 Å². The fraction of sp³-hybridized carbons (Fsp3) is 0.185. The Morgan fingerprint density at radius 3 is 2.40 bits per heavy atom. The summed E-state index contributed by atoms with van der Waals surface area (Å²) in [6, 6.07) is 13.9. The topological polar surface area (TPSA) is 121 Å². The molecule has 0 bridgehead atoms. The molecule has 10 nitrogen and oxygen atoms in total. The number of ether oxygens (including phenoxy) is 2. The predicted octanol–water partition coefficient (Wildman–Crippen LogP) is 7.92.